The number of hydrogen-bond acceptors (Lipinski definition) is 7. The van der Waals surface area contributed by atoms with Crippen LogP contribution in [0.15, 0.2) is 33.5 Å². The summed E-state index contributed by atoms with van der Waals surface area (Å²) in [5.41, 5.74) is -0.0571. The van der Waals surface area contributed by atoms with Gasteiger partial charge in [0.05, 0.1) is 31.5 Å². The van der Waals surface area contributed by atoms with Crippen molar-refractivity contribution in [3.63, 3.8) is 0 Å². The molecular formula is C15H17N3O4S2. The molecular weight excluding hydrogens is 350 g/mol. The Hall–Kier alpha value is -2.13. The first-order valence-electron chi connectivity index (χ1n) is 7.04. The molecule has 2 heterocycles. The Kier molecular flexibility index (Phi) is 6.56. The number of carbonyl (C=O) groups excluding carboxylic acids is 2. The fourth-order valence-electron chi connectivity index (χ4n) is 1.83. The quantitative estimate of drug-likeness (QED) is 0.450. The molecule has 1 N–H and O–H groups in total. The summed E-state index contributed by atoms with van der Waals surface area (Å²) in [5.74, 6) is -0.405. The van der Waals surface area contributed by atoms with Crippen LogP contribution in [0, 0.1) is 0 Å². The van der Waals surface area contributed by atoms with Crippen molar-refractivity contribution in [1.82, 2.24) is 14.9 Å². The van der Waals surface area contributed by atoms with E-state index >= 15 is 0 Å². The predicted octanol–water partition coefficient (Wildman–Crippen LogP) is 1.30. The van der Waals surface area contributed by atoms with Gasteiger partial charge in [-0.15, -0.1) is 11.3 Å². The molecule has 1 amide bonds. The van der Waals surface area contributed by atoms with Crippen molar-refractivity contribution in [1.29, 1.82) is 0 Å². The molecule has 0 aromatic carbocycles. The van der Waals surface area contributed by atoms with Gasteiger partial charge < -0.3 is 14.6 Å². The summed E-state index contributed by atoms with van der Waals surface area (Å²) in [7, 11) is 3.00. The predicted molar refractivity (Wildman–Crippen MR) is 92.1 cm³/mol. The Morgan fingerprint density at radius 2 is 2.25 bits per heavy atom. The molecule has 0 unspecified atom stereocenters. The van der Waals surface area contributed by atoms with Gasteiger partial charge in [0.25, 0.3) is 5.56 Å². The van der Waals surface area contributed by atoms with Crippen molar-refractivity contribution < 1.29 is 14.3 Å². The second-order valence-corrected chi connectivity index (χ2v) is 6.91. The summed E-state index contributed by atoms with van der Waals surface area (Å²) in [5, 5.41) is 2.27. The molecule has 0 atom stereocenters. The highest BCUT2D eigenvalue weighted by Gasteiger charge is 2.13. The zero-order chi connectivity index (χ0) is 17.5. The number of aromatic amines is 1. The number of H-pyrrole nitrogens is 1. The van der Waals surface area contributed by atoms with Crippen LogP contribution >= 0.6 is 23.1 Å². The van der Waals surface area contributed by atoms with Crippen LogP contribution < -0.4 is 5.56 Å². The summed E-state index contributed by atoms with van der Waals surface area (Å²) >= 11 is 2.72. The summed E-state index contributed by atoms with van der Waals surface area (Å²) < 4.78 is 4.56. The van der Waals surface area contributed by atoms with Crippen LogP contribution in [-0.4, -0.2) is 46.7 Å². The number of rotatable bonds is 7. The number of nitrogens with zero attached hydrogens (tertiary/aromatic N) is 2. The highest BCUT2D eigenvalue weighted by atomic mass is 32.2. The van der Waals surface area contributed by atoms with E-state index in [1.807, 2.05) is 17.5 Å². The smallest absolute Gasteiger partial charge is 0.311 e. The topological polar surface area (TPSA) is 92.4 Å². The summed E-state index contributed by atoms with van der Waals surface area (Å²) in [6.07, 6.45) is -0.0831. The molecule has 0 fully saturated rings. The van der Waals surface area contributed by atoms with Gasteiger partial charge in [-0.1, -0.05) is 17.8 Å². The first-order chi connectivity index (χ1) is 11.5. The molecule has 24 heavy (non-hydrogen) atoms. The third-order valence-corrected chi connectivity index (χ3v) is 4.78. The number of amides is 1. The van der Waals surface area contributed by atoms with Crippen molar-refractivity contribution in [2.75, 3.05) is 19.9 Å². The normalized spacial score (nSPS) is 10.4. The minimum atomic E-state index is -0.476. The van der Waals surface area contributed by atoms with Gasteiger partial charge >= 0.3 is 5.97 Å². The number of methoxy groups -OCH3 is 1. The van der Waals surface area contributed by atoms with E-state index in [0.29, 0.717) is 17.4 Å². The standard InChI is InChI=1S/C15H17N3O4S2/c1-18(8-11-4-3-5-23-11)13(20)9-24-15-16-10(6-12(19)17-15)7-14(21)22-2/h3-6H,7-9H2,1-2H3,(H,16,17,19). The highest BCUT2D eigenvalue weighted by Crippen LogP contribution is 2.15. The number of carbonyl (C=O) groups is 2. The Balaban J connectivity index is 1.94. The molecule has 0 bridgehead atoms. The zero-order valence-electron chi connectivity index (χ0n) is 13.3. The molecule has 128 valence electrons. The van der Waals surface area contributed by atoms with Crippen molar-refractivity contribution in [2.24, 2.45) is 0 Å². The molecule has 2 aromatic heterocycles. The minimum absolute atomic E-state index is 0.0746. The van der Waals surface area contributed by atoms with Crippen LogP contribution in [0.4, 0.5) is 0 Å². The van der Waals surface area contributed by atoms with Gasteiger partial charge in [-0.3, -0.25) is 14.4 Å². The van der Waals surface area contributed by atoms with Crippen LogP contribution in [0.1, 0.15) is 10.6 Å². The Labute approximate surface area is 147 Å². The molecule has 0 radical (unpaired) electrons. The summed E-state index contributed by atoms with van der Waals surface area (Å²) in [6, 6.07) is 5.15. The number of nitrogens with one attached hydrogen (secondary N) is 1. The van der Waals surface area contributed by atoms with Crippen molar-refractivity contribution in [3.05, 3.63) is 44.5 Å². The van der Waals surface area contributed by atoms with Crippen LogP contribution in [0.2, 0.25) is 0 Å². The van der Waals surface area contributed by atoms with Gasteiger partial charge in [0, 0.05) is 18.0 Å². The van der Waals surface area contributed by atoms with Gasteiger partial charge in [0.2, 0.25) is 5.91 Å². The van der Waals surface area contributed by atoms with Crippen LogP contribution in [0.25, 0.3) is 0 Å². The second-order valence-electron chi connectivity index (χ2n) is 4.91. The van der Waals surface area contributed by atoms with E-state index < -0.39 is 5.97 Å². The van der Waals surface area contributed by atoms with E-state index in [9.17, 15) is 14.4 Å². The second kappa shape index (κ2) is 8.65. The van der Waals surface area contributed by atoms with Crippen molar-refractivity contribution in [3.8, 4) is 0 Å². The monoisotopic (exact) mass is 367 g/mol. The van der Waals surface area contributed by atoms with E-state index in [0.717, 1.165) is 16.6 Å². The Morgan fingerprint density at radius 1 is 1.46 bits per heavy atom. The molecule has 0 aliphatic carbocycles. The average molecular weight is 367 g/mol. The molecule has 2 aromatic rings. The van der Waals surface area contributed by atoms with Gasteiger partial charge in [-0.2, -0.15) is 0 Å². The lowest BCUT2D eigenvalue weighted by Crippen LogP contribution is -2.27. The fraction of sp³-hybridized carbons (Fsp3) is 0.333. The maximum Gasteiger partial charge on any atom is 0.311 e. The van der Waals surface area contributed by atoms with Crippen LogP contribution in [-0.2, 0) is 27.3 Å². The number of thiophene rings is 1. The van der Waals surface area contributed by atoms with E-state index in [4.69, 9.17) is 0 Å². The van der Waals surface area contributed by atoms with Gasteiger partial charge in [0.1, 0.15) is 0 Å². The molecule has 0 spiro atoms. The van der Waals surface area contributed by atoms with Gasteiger partial charge in [-0.25, -0.2) is 4.98 Å². The number of aromatic nitrogens is 2. The number of esters is 1. The number of ether oxygens (including phenoxy) is 1. The SMILES string of the molecule is COC(=O)Cc1cc(=O)[nH]c(SCC(=O)N(C)Cc2cccs2)n1. The average Bonchev–Trinajstić information content (AvgIpc) is 3.04. The third-order valence-electron chi connectivity index (χ3n) is 3.06. The highest BCUT2D eigenvalue weighted by molar-refractivity contribution is 7.99. The van der Waals surface area contributed by atoms with Crippen LogP contribution in [0.3, 0.4) is 0 Å². The van der Waals surface area contributed by atoms with Gasteiger partial charge in [0.15, 0.2) is 5.16 Å². The number of thioether (sulfide) groups is 1. The third kappa shape index (κ3) is 5.50. The molecule has 2 rings (SSSR count). The first-order valence-corrected chi connectivity index (χ1v) is 8.90. The lowest BCUT2D eigenvalue weighted by molar-refractivity contribution is -0.139. The molecule has 7 nitrogen and oxygen atoms in total. The zero-order valence-corrected chi connectivity index (χ0v) is 14.9. The van der Waals surface area contributed by atoms with Crippen LogP contribution in [0.5, 0.6) is 0 Å². The largest absolute Gasteiger partial charge is 0.469 e. The van der Waals surface area contributed by atoms with E-state index in [1.165, 1.54) is 13.2 Å². The minimum Gasteiger partial charge on any atom is -0.469 e. The number of hydrogen-bond donors (Lipinski definition) is 1. The lowest BCUT2D eigenvalue weighted by Gasteiger charge is -2.15. The fourth-order valence-corrected chi connectivity index (χ4v) is 3.42. The maximum atomic E-state index is 12.2. The Bertz CT molecular complexity index is 758. The van der Waals surface area contributed by atoms with Gasteiger partial charge in [-0.05, 0) is 11.4 Å². The maximum absolute atomic E-state index is 12.2. The van der Waals surface area contributed by atoms with Crippen molar-refractivity contribution in [2.45, 2.75) is 18.1 Å². The first kappa shape index (κ1) is 18.2. The summed E-state index contributed by atoms with van der Waals surface area (Å²) in [4.78, 5) is 44.5. The summed E-state index contributed by atoms with van der Waals surface area (Å²) in [6.45, 7) is 0.545. The molecule has 0 aliphatic heterocycles. The Morgan fingerprint density at radius 3 is 2.92 bits per heavy atom. The molecule has 9 heteroatoms. The molecule has 0 aliphatic rings. The van der Waals surface area contributed by atoms with E-state index in [-0.39, 0.29) is 23.6 Å². The molecule has 0 saturated carbocycles. The van der Waals surface area contributed by atoms with Crippen molar-refractivity contribution >= 4 is 35.0 Å². The van der Waals surface area contributed by atoms with E-state index in [2.05, 4.69) is 14.7 Å². The molecule has 0 saturated heterocycles. The van der Waals surface area contributed by atoms with E-state index in [1.54, 1.807) is 23.3 Å². The lowest BCUT2D eigenvalue weighted by atomic mass is 10.3.